The Morgan fingerprint density at radius 2 is 1.83 bits per heavy atom. The minimum Gasteiger partial charge on any atom is -0.354 e. The average Bonchev–Trinajstić information content (AvgIpc) is 2.46. The molecule has 0 saturated carbocycles. The summed E-state index contributed by atoms with van der Waals surface area (Å²) < 4.78 is 0. The molecule has 0 aromatic carbocycles. The van der Waals surface area contributed by atoms with E-state index in [0.29, 0.717) is 11.5 Å². The summed E-state index contributed by atoms with van der Waals surface area (Å²) in [5.41, 5.74) is 0.378. The molecule has 0 aliphatic rings. The molecule has 0 bridgehead atoms. The van der Waals surface area contributed by atoms with Gasteiger partial charge < -0.3 is 16.0 Å². The molecule has 0 aliphatic heterocycles. The van der Waals surface area contributed by atoms with Gasteiger partial charge >= 0.3 is 6.03 Å². The fraction of sp³-hybridized carbons (Fsp3) is 0.625. The highest BCUT2D eigenvalue weighted by Gasteiger charge is 2.16. The van der Waals surface area contributed by atoms with Gasteiger partial charge in [0.1, 0.15) is 5.82 Å². The lowest BCUT2D eigenvalue weighted by Crippen LogP contribution is -2.36. The maximum atomic E-state index is 11.7. The fourth-order valence-electron chi connectivity index (χ4n) is 1.69. The molecule has 23 heavy (non-hydrogen) atoms. The summed E-state index contributed by atoms with van der Waals surface area (Å²) in [5.74, 6) is 0.641. The van der Waals surface area contributed by atoms with E-state index in [4.69, 9.17) is 0 Å². The molecule has 1 atom stereocenters. The van der Waals surface area contributed by atoms with E-state index in [1.54, 1.807) is 12.4 Å². The molecule has 0 fully saturated rings. The number of amides is 3. The summed E-state index contributed by atoms with van der Waals surface area (Å²) in [6.07, 6.45) is 4.27. The number of anilines is 1. The Bertz CT molecular complexity index is 522. The Morgan fingerprint density at radius 3 is 2.35 bits per heavy atom. The SMILES string of the molecule is CC[C@H](C)NC(=O)CCNC(=O)Nc1cnc(C(C)(C)C)nc1. The van der Waals surface area contributed by atoms with Crippen LogP contribution in [-0.4, -0.2) is 34.5 Å². The highest BCUT2D eigenvalue weighted by atomic mass is 16.2. The second-order valence-electron chi connectivity index (χ2n) is 6.55. The summed E-state index contributed by atoms with van der Waals surface area (Å²) in [6, 6.07) is -0.233. The number of urea groups is 1. The van der Waals surface area contributed by atoms with Crippen LogP contribution in [0.5, 0.6) is 0 Å². The number of hydrogen-bond acceptors (Lipinski definition) is 4. The molecular weight excluding hydrogens is 294 g/mol. The van der Waals surface area contributed by atoms with E-state index < -0.39 is 0 Å². The molecule has 1 rings (SSSR count). The summed E-state index contributed by atoms with van der Waals surface area (Å²) in [4.78, 5) is 31.8. The van der Waals surface area contributed by atoms with Crippen LogP contribution in [0.25, 0.3) is 0 Å². The van der Waals surface area contributed by atoms with Gasteiger partial charge in [-0.05, 0) is 13.3 Å². The molecular formula is C16H27N5O2. The summed E-state index contributed by atoms with van der Waals surface area (Å²) >= 11 is 0. The summed E-state index contributed by atoms with van der Waals surface area (Å²) in [5, 5.41) is 8.11. The van der Waals surface area contributed by atoms with E-state index >= 15 is 0 Å². The third-order valence-electron chi connectivity index (χ3n) is 3.24. The second-order valence-corrected chi connectivity index (χ2v) is 6.55. The van der Waals surface area contributed by atoms with Crippen molar-refractivity contribution < 1.29 is 9.59 Å². The topological polar surface area (TPSA) is 96.0 Å². The molecule has 1 aromatic rings. The molecule has 0 spiro atoms. The van der Waals surface area contributed by atoms with Crippen LogP contribution < -0.4 is 16.0 Å². The third kappa shape index (κ3) is 7.08. The van der Waals surface area contributed by atoms with Gasteiger partial charge in [0.15, 0.2) is 0 Å². The number of rotatable bonds is 6. The Kier molecular flexibility index (Phi) is 6.93. The third-order valence-corrected chi connectivity index (χ3v) is 3.24. The van der Waals surface area contributed by atoms with Crippen molar-refractivity contribution in [1.29, 1.82) is 0 Å². The van der Waals surface area contributed by atoms with Gasteiger partial charge in [-0.3, -0.25) is 4.79 Å². The Morgan fingerprint density at radius 1 is 1.22 bits per heavy atom. The normalized spacial score (nSPS) is 12.4. The molecule has 1 heterocycles. The molecule has 1 aromatic heterocycles. The standard InChI is InChI=1S/C16H27N5O2/c1-6-11(2)20-13(22)7-8-17-15(23)21-12-9-18-14(19-10-12)16(3,4)5/h9-11H,6-8H2,1-5H3,(H,20,22)(H2,17,21,23)/t11-/m0/s1. The van der Waals surface area contributed by atoms with Crippen molar-refractivity contribution in [1.82, 2.24) is 20.6 Å². The van der Waals surface area contributed by atoms with Gasteiger partial charge in [-0.15, -0.1) is 0 Å². The first kappa shape index (κ1) is 18.9. The highest BCUT2D eigenvalue weighted by molar-refractivity contribution is 5.89. The van der Waals surface area contributed by atoms with Crippen LogP contribution in [-0.2, 0) is 10.2 Å². The molecule has 0 aliphatic carbocycles. The van der Waals surface area contributed by atoms with Crippen molar-refractivity contribution in [2.45, 2.75) is 58.9 Å². The zero-order valence-corrected chi connectivity index (χ0v) is 14.6. The van der Waals surface area contributed by atoms with Crippen LogP contribution in [0.4, 0.5) is 10.5 Å². The Labute approximate surface area is 137 Å². The Hall–Kier alpha value is -2.18. The first-order valence-corrected chi connectivity index (χ1v) is 7.89. The molecule has 0 unspecified atom stereocenters. The van der Waals surface area contributed by atoms with Gasteiger partial charge in [-0.25, -0.2) is 14.8 Å². The van der Waals surface area contributed by atoms with Crippen LogP contribution in [0.15, 0.2) is 12.4 Å². The van der Waals surface area contributed by atoms with Crippen LogP contribution in [0.2, 0.25) is 0 Å². The first-order valence-electron chi connectivity index (χ1n) is 7.89. The van der Waals surface area contributed by atoms with E-state index in [1.165, 1.54) is 0 Å². The second kappa shape index (κ2) is 8.45. The van der Waals surface area contributed by atoms with E-state index in [-0.39, 0.29) is 36.4 Å². The lowest BCUT2D eigenvalue weighted by Gasteiger charge is -2.16. The molecule has 7 nitrogen and oxygen atoms in total. The molecule has 128 valence electrons. The summed E-state index contributed by atoms with van der Waals surface area (Å²) in [6.45, 7) is 10.3. The summed E-state index contributed by atoms with van der Waals surface area (Å²) in [7, 11) is 0. The quantitative estimate of drug-likeness (QED) is 0.748. The zero-order chi connectivity index (χ0) is 17.5. The molecule has 0 radical (unpaired) electrons. The van der Waals surface area contributed by atoms with Crippen LogP contribution in [0.1, 0.15) is 53.3 Å². The molecule has 7 heteroatoms. The first-order chi connectivity index (χ1) is 10.7. The highest BCUT2D eigenvalue weighted by Crippen LogP contribution is 2.17. The molecule has 3 amide bonds. The molecule has 0 saturated heterocycles. The van der Waals surface area contributed by atoms with E-state index in [9.17, 15) is 9.59 Å². The smallest absolute Gasteiger partial charge is 0.319 e. The van der Waals surface area contributed by atoms with E-state index in [0.717, 1.165) is 6.42 Å². The van der Waals surface area contributed by atoms with Crippen molar-refractivity contribution in [3.8, 4) is 0 Å². The number of nitrogens with zero attached hydrogens (tertiary/aromatic N) is 2. The minimum atomic E-state index is -0.381. The van der Waals surface area contributed by atoms with Crippen LogP contribution >= 0.6 is 0 Å². The number of carbonyl (C=O) groups is 2. The van der Waals surface area contributed by atoms with Gasteiger partial charge in [0.05, 0.1) is 18.1 Å². The number of aromatic nitrogens is 2. The number of hydrogen-bond donors (Lipinski definition) is 3. The monoisotopic (exact) mass is 321 g/mol. The number of nitrogens with one attached hydrogen (secondary N) is 3. The van der Waals surface area contributed by atoms with Crippen LogP contribution in [0.3, 0.4) is 0 Å². The van der Waals surface area contributed by atoms with E-state index in [1.807, 2.05) is 34.6 Å². The van der Waals surface area contributed by atoms with Crippen molar-refractivity contribution in [2.75, 3.05) is 11.9 Å². The van der Waals surface area contributed by atoms with Gasteiger partial charge in [-0.1, -0.05) is 27.7 Å². The lowest BCUT2D eigenvalue weighted by atomic mass is 9.96. The minimum absolute atomic E-state index is 0.0717. The Balaban J connectivity index is 2.35. The average molecular weight is 321 g/mol. The maximum absolute atomic E-state index is 11.7. The van der Waals surface area contributed by atoms with Gasteiger partial charge in [0, 0.05) is 24.4 Å². The van der Waals surface area contributed by atoms with E-state index in [2.05, 4.69) is 25.9 Å². The van der Waals surface area contributed by atoms with Crippen molar-refractivity contribution in [2.24, 2.45) is 0 Å². The van der Waals surface area contributed by atoms with Crippen molar-refractivity contribution in [3.05, 3.63) is 18.2 Å². The van der Waals surface area contributed by atoms with Gasteiger partial charge in [-0.2, -0.15) is 0 Å². The van der Waals surface area contributed by atoms with Crippen LogP contribution in [0, 0.1) is 0 Å². The lowest BCUT2D eigenvalue weighted by molar-refractivity contribution is -0.121. The predicted molar refractivity (Wildman–Crippen MR) is 90.3 cm³/mol. The van der Waals surface area contributed by atoms with Gasteiger partial charge in [0.25, 0.3) is 0 Å². The van der Waals surface area contributed by atoms with Crippen molar-refractivity contribution in [3.63, 3.8) is 0 Å². The maximum Gasteiger partial charge on any atom is 0.319 e. The fourth-order valence-corrected chi connectivity index (χ4v) is 1.69. The van der Waals surface area contributed by atoms with Gasteiger partial charge in [0.2, 0.25) is 5.91 Å². The zero-order valence-electron chi connectivity index (χ0n) is 14.6. The van der Waals surface area contributed by atoms with Crippen molar-refractivity contribution >= 4 is 17.6 Å². The number of carbonyl (C=O) groups excluding carboxylic acids is 2. The molecule has 3 N–H and O–H groups in total. The predicted octanol–water partition coefficient (Wildman–Crippen LogP) is 2.20. The largest absolute Gasteiger partial charge is 0.354 e.